The van der Waals surface area contributed by atoms with E-state index in [2.05, 4.69) is 15.1 Å². The number of oxime groups is 1. The van der Waals surface area contributed by atoms with Gasteiger partial charge in [-0.05, 0) is 5.56 Å². The number of thioether (sulfide) groups is 1. The molecule has 0 aliphatic heterocycles. The second-order valence-corrected chi connectivity index (χ2v) is 4.47. The Bertz CT molecular complexity index is 545. The summed E-state index contributed by atoms with van der Waals surface area (Å²) in [6, 6.07) is 7.53. The molecule has 0 saturated carbocycles. The maximum absolute atomic E-state index is 8.73. The number of rotatable bonds is 4. The van der Waals surface area contributed by atoms with Crippen molar-refractivity contribution in [2.75, 3.05) is 0 Å². The second kappa shape index (κ2) is 6.02. The van der Waals surface area contributed by atoms with Crippen LogP contribution >= 0.6 is 11.8 Å². The van der Waals surface area contributed by atoms with Crippen molar-refractivity contribution in [2.45, 2.75) is 10.8 Å². The van der Waals surface area contributed by atoms with Crippen LogP contribution in [0.15, 0.2) is 53.0 Å². The van der Waals surface area contributed by atoms with Crippen molar-refractivity contribution < 1.29 is 5.21 Å². The van der Waals surface area contributed by atoms with Gasteiger partial charge >= 0.3 is 0 Å². The molecule has 18 heavy (non-hydrogen) atoms. The van der Waals surface area contributed by atoms with Crippen LogP contribution in [0.5, 0.6) is 0 Å². The molecular weight excluding hydrogens is 248 g/mol. The van der Waals surface area contributed by atoms with Gasteiger partial charge in [0.15, 0.2) is 5.84 Å². The summed E-state index contributed by atoms with van der Waals surface area (Å²) in [4.78, 5) is 8.18. The maximum atomic E-state index is 8.73. The van der Waals surface area contributed by atoms with E-state index in [0.29, 0.717) is 5.75 Å². The van der Waals surface area contributed by atoms with Crippen LogP contribution < -0.4 is 5.73 Å². The van der Waals surface area contributed by atoms with Crippen molar-refractivity contribution in [3.05, 3.63) is 54.0 Å². The predicted octanol–water partition coefficient (Wildman–Crippen LogP) is 1.86. The molecule has 1 aromatic carbocycles. The first-order valence-electron chi connectivity index (χ1n) is 5.26. The molecule has 2 rings (SSSR count). The lowest BCUT2D eigenvalue weighted by Gasteiger charge is -2.07. The molecule has 3 N–H and O–H groups in total. The highest BCUT2D eigenvalue weighted by Gasteiger charge is 2.07. The minimum atomic E-state index is 0.116. The van der Waals surface area contributed by atoms with E-state index in [4.69, 9.17) is 10.9 Å². The van der Waals surface area contributed by atoms with Crippen LogP contribution in [-0.2, 0) is 5.75 Å². The molecule has 1 aromatic heterocycles. The molecule has 0 unspecified atom stereocenters. The van der Waals surface area contributed by atoms with Crippen molar-refractivity contribution in [3.63, 3.8) is 0 Å². The molecule has 0 aliphatic carbocycles. The smallest absolute Gasteiger partial charge is 0.170 e. The van der Waals surface area contributed by atoms with E-state index in [9.17, 15) is 0 Å². The summed E-state index contributed by atoms with van der Waals surface area (Å²) < 4.78 is 0. The third-order valence-corrected chi connectivity index (χ3v) is 3.28. The van der Waals surface area contributed by atoms with Crippen LogP contribution in [0.4, 0.5) is 0 Å². The standard InChI is InChI=1S/C12H12N4OS/c13-12(16-17)10-4-2-1-3-9(10)8-18-11-7-14-5-6-15-11/h1-7,17H,8H2,(H2,13,16). The molecule has 0 saturated heterocycles. The Kier molecular flexibility index (Phi) is 4.14. The van der Waals surface area contributed by atoms with E-state index < -0.39 is 0 Å². The Balaban J connectivity index is 2.15. The van der Waals surface area contributed by atoms with Gasteiger partial charge in [-0.2, -0.15) is 0 Å². The van der Waals surface area contributed by atoms with Crippen LogP contribution in [0.25, 0.3) is 0 Å². The molecule has 0 spiro atoms. The number of aromatic nitrogens is 2. The van der Waals surface area contributed by atoms with Crippen LogP contribution in [-0.4, -0.2) is 21.0 Å². The minimum Gasteiger partial charge on any atom is -0.409 e. The van der Waals surface area contributed by atoms with Gasteiger partial charge in [0.2, 0.25) is 0 Å². The van der Waals surface area contributed by atoms with Gasteiger partial charge in [0.05, 0.1) is 6.20 Å². The Hall–Kier alpha value is -2.08. The highest BCUT2D eigenvalue weighted by molar-refractivity contribution is 7.98. The Morgan fingerprint density at radius 2 is 2.17 bits per heavy atom. The summed E-state index contributed by atoms with van der Waals surface area (Å²) >= 11 is 1.55. The van der Waals surface area contributed by atoms with E-state index in [-0.39, 0.29) is 5.84 Å². The lowest BCUT2D eigenvalue weighted by atomic mass is 10.1. The number of amidine groups is 1. The molecule has 92 valence electrons. The fourth-order valence-electron chi connectivity index (χ4n) is 1.46. The fourth-order valence-corrected chi connectivity index (χ4v) is 2.29. The maximum Gasteiger partial charge on any atom is 0.170 e. The first-order chi connectivity index (χ1) is 8.81. The highest BCUT2D eigenvalue weighted by atomic mass is 32.2. The zero-order valence-corrected chi connectivity index (χ0v) is 10.3. The molecule has 0 radical (unpaired) electrons. The number of nitrogens with zero attached hydrogens (tertiary/aromatic N) is 3. The fraction of sp³-hybridized carbons (Fsp3) is 0.0833. The van der Waals surface area contributed by atoms with E-state index in [1.54, 1.807) is 30.4 Å². The quantitative estimate of drug-likeness (QED) is 0.288. The summed E-state index contributed by atoms with van der Waals surface area (Å²) in [7, 11) is 0. The zero-order valence-electron chi connectivity index (χ0n) is 9.52. The number of benzene rings is 1. The van der Waals surface area contributed by atoms with Gasteiger partial charge in [-0.3, -0.25) is 4.98 Å². The monoisotopic (exact) mass is 260 g/mol. The number of nitrogens with two attached hydrogens (primary N) is 1. The van der Waals surface area contributed by atoms with Crippen LogP contribution in [0.3, 0.4) is 0 Å². The van der Waals surface area contributed by atoms with Crippen LogP contribution in [0.1, 0.15) is 11.1 Å². The third kappa shape index (κ3) is 2.98. The van der Waals surface area contributed by atoms with Gasteiger partial charge in [-0.15, -0.1) is 11.8 Å². The van der Waals surface area contributed by atoms with Crippen LogP contribution in [0.2, 0.25) is 0 Å². The normalized spacial score (nSPS) is 11.4. The lowest BCUT2D eigenvalue weighted by Crippen LogP contribution is -2.15. The molecule has 0 amide bonds. The molecule has 2 aromatic rings. The minimum absolute atomic E-state index is 0.116. The van der Waals surface area contributed by atoms with Crippen molar-refractivity contribution in [3.8, 4) is 0 Å². The number of hydrogen-bond acceptors (Lipinski definition) is 5. The molecular formula is C12H12N4OS. The average Bonchev–Trinajstić information content (AvgIpc) is 2.45. The lowest BCUT2D eigenvalue weighted by molar-refractivity contribution is 0.318. The summed E-state index contributed by atoms with van der Waals surface area (Å²) in [6.45, 7) is 0. The average molecular weight is 260 g/mol. The summed E-state index contributed by atoms with van der Waals surface area (Å²) in [6.07, 6.45) is 4.99. The van der Waals surface area contributed by atoms with E-state index in [1.165, 1.54) is 0 Å². The largest absolute Gasteiger partial charge is 0.409 e. The van der Waals surface area contributed by atoms with Crippen LogP contribution in [0, 0.1) is 0 Å². The van der Waals surface area contributed by atoms with Gasteiger partial charge in [0.1, 0.15) is 5.03 Å². The first-order valence-corrected chi connectivity index (χ1v) is 6.24. The van der Waals surface area contributed by atoms with Crippen molar-refractivity contribution in [1.29, 1.82) is 0 Å². The Labute approximate surface area is 109 Å². The summed E-state index contributed by atoms with van der Waals surface area (Å²) in [5.74, 6) is 0.802. The van der Waals surface area contributed by atoms with Gasteiger partial charge in [-0.1, -0.05) is 29.4 Å². The van der Waals surface area contributed by atoms with E-state index in [1.807, 2.05) is 24.3 Å². The molecule has 0 fully saturated rings. The van der Waals surface area contributed by atoms with Gasteiger partial charge in [0.25, 0.3) is 0 Å². The Morgan fingerprint density at radius 3 is 2.89 bits per heavy atom. The van der Waals surface area contributed by atoms with Crippen molar-refractivity contribution in [1.82, 2.24) is 9.97 Å². The van der Waals surface area contributed by atoms with Crippen molar-refractivity contribution in [2.24, 2.45) is 10.9 Å². The van der Waals surface area contributed by atoms with Crippen molar-refractivity contribution >= 4 is 17.6 Å². The molecule has 5 nitrogen and oxygen atoms in total. The zero-order chi connectivity index (χ0) is 12.8. The van der Waals surface area contributed by atoms with Gasteiger partial charge in [-0.25, -0.2) is 4.98 Å². The number of hydrogen-bond donors (Lipinski definition) is 2. The summed E-state index contributed by atoms with van der Waals surface area (Å²) in [5, 5.41) is 12.6. The van der Waals surface area contributed by atoms with Gasteiger partial charge < -0.3 is 10.9 Å². The first kappa shape index (κ1) is 12.4. The molecule has 1 heterocycles. The third-order valence-electron chi connectivity index (χ3n) is 2.32. The van der Waals surface area contributed by atoms with E-state index >= 15 is 0 Å². The molecule has 0 atom stereocenters. The van der Waals surface area contributed by atoms with E-state index in [0.717, 1.165) is 16.2 Å². The van der Waals surface area contributed by atoms with Gasteiger partial charge in [0, 0.05) is 23.7 Å². The molecule has 0 aliphatic rings. The topological polar surface area (TPSA) is 84.4 Å². The second-order valence-electron chi connectivity index (χ2n) is 3.47. The summed E-state index contributed by atoms with van der Waals surface area (Å²) in [5.41, 5.74) is 7.35. The SMILES string of the molecule is NC(=NO)c1ccccc1CSc1cnccn1. The molecule has 6 heteroatoms. The molecule has 0 bridgehead atoms. The Morgan fingerprint density at radius 1 is 1.33 bits per heavy atom. The highest BCUT2D eigenvalue weighted by Crippen LogP contribution is 2.21. The predicted molar refractivity (Wildman–Crippen MR) is 70.5 cm³/mol.